The summed E-state index contributed by atoms with van der Waals surface area (Å²) in [5, 5.41) is 11.8. The Labute approximate surface area is 125 Å². The van der Waals surface area contributed by atoms with Crippen LogP contribution in [0.5, 0.6) is 0 Å². The number of hydrogen-bond acceptors (Lipinski definition) is 3. The highest BCUT2D eigenvalue weighted by Crippen LogP contribution is 2.22. The van der Waals surface area contributed by atoms with Crippen LogP contribution in [0.3, 0.4) is 0 Å². The van der Waals surface area contributed by atoms with Gasteiger partial charge in [-0.05, 0) is 29.5 Å². The first-order valence-electron chi connectivity index (χ1n) is 7.01. The van der Waals surface area contributed by atoms with Crippen molar-refractivity contribution in [2.45, 2.75) is 46.1 Å². The van der Waals surface area contributed by atoms with Gasteiger partial charge >= 0.3 is 5.97 Å². The van der Waals surface area contributed by atoms with Crippen LogP contribution < -0.4 is 11.1 Å². The van der Waals surface area contributed by atoms with E-state index in [2.05, 4.69) is 5.32 Å². The van der Waals surface area contributed by atoms with Crippen molar-refractivity contribution < 1.29 is 14.7 Å². The zero-order chi connectivity index (χ0) is 16.0. The quantitative estimate of drug-likeness (QED) is 0.701. The summed E-state index contributed by atoms with van der Waals surface area (Å²) in [5.41, 5.74) is 7.05. The minimum atomic E-state index is -0.909. The Kier molecular flexibility index (Phi) is 5.76. The summed E-state index contributed by atoms with van der Waals surface area (Å²) in [6.07, 6.45) is 0.743. The zero-order valence-corrected chi connectivity index (χ0v) is 12.8. The van der Waals surface area contributed by atoms with Crippen LogP contribution in [-0.2, 0) is 16.0 Å². The number of hydrogen-bond donors (Lipinski definition) is 3. The summed E-state index contributed by atoms with van der Waals surface area (Å²) in [7, 11) is 0. The first-order valence-corrected chi connectivity index (χ1v) is 7.01. The second kappa shape index (κ2) is 7.11. The molecule has 5 nitrogen and oxygen atoms in total. The Morgan fingerprint density at radius 1 is 1.33 bits per heavy atom. The first kappa shape index (κ1) is 17.0. The summed E-state index contributed by atoms with van der Waals surface area (Å²) in [5.74, 6) is -1.09. The molecule has 0 bridgehead atoms. The van der Waals surface area contributed by atoms with E-state index in [0.29, 0.717) is 12.1 Å². The number of nitrogens with one attached hydrogen (secondary N) is 1. The highest BCUT2D eigenvalue weighted by atomic mass is 16.4. The van der Waals surface area contributed by atoms with Gasteiger partial charge in [0.2, 0.25) is 5.91 Å². The number of nitrogen functional groups attached to an aromatic ring is 1. The molecule has 1 rings (SSSR count). The number of amides is 1. The normalized spacial score (nSPS) is 12.7. The maximum Gasteiger partial charge on any atom is 0.305 e. The number of carbonyl (C=O) groups excluding carboxylic acids is 1. The molecule has 0 aliphatic rings. The molecule has 116 valence electrons. The predicted molar refractivity (Wildman–Crippen MR) is 82.8 cm³/mol. The summed E-state index contributed by atoms with van der Waals surface area (Å²) < 4.78 is 0. The van der Waals surface area contributed by atoms with Gasteiger partial charge in [0.25, 0.3) is 0 Å². The highest BCUT2D eigenvalue weighted by Gasteiger charge is 2.22. The van der Waals surface area contributed by atoms with Crippen molar-refractivity contribution in [1.82, 2.24) is 5.32 Å². The highest BCUT2D eigenvalue weighted by molar-refractivity contribution is 5.80. The van der Waals surface area contributed by atoms with E-state index in [-0.39, 0.29) is 30.2 Å². The molecule has 0 aliphatic carbocycles. The topological polar surface area (TPSA) is 92.4 Å². The van der Waals surface area contributed by atoms with Crippen LogP contribution in [0.15, 0.2) is 24.3 Å². The van der Waals surface area contributed by atoms with Gasteiger partial charge in [0.15, 0.2) is 0 Å². The van der Waals surface area contributed by atoms with Gasteiger partial charge in [-0.2, -0.15) is 0 Å². The van der Waals surface area contributed by atoms with E-state index in [1.54, 1.807) is 18.2 Å². The van der Waals surface area contributed by atoms with E-state index in [9.17, 15) is 9.59 Å². The van der Waals surface area contributed by atoms with Crippen LogP contribution >= 0.6 is 0 Å². The largest absolute Gasteiger partial charge is 0.481 e. The second-order valence-electron chi connectivity index (χ2n) is 6.55. The van der Waals surface area contributed by atoms with E-state index in [1.807, 2.05) is 26.8 Å². The molecule has 0 saturated carbocycles. The first-order chi connectivity index (χ1) is 9.65. The summed E-state index contributed by atoms with van der Waals surface area (Å²) in [4.78, 5) is 23.0. The average Bonchev–Trinajstić information content (AvgIpc) is 2.24. The molecule has 4 N–H and O–H groups in total. The van der Waals surface area contributed by atoms with E-state index in [0.717, 1.165) is 5.56 Å². The number of aliphatic carboxylic acids is 1. The summed E-state index contributed by atoms with van der Waals surface area (Å²) in [6.45, 7) is 6.06. The van der Waals surface area contributed by atoms with Crippen molar-refractivity contribution >= 4 is 17.6 Å². The number of nitrogens with two attached hydrogens (primary N) is 1. The number of benzene rings is 1. The van der Waals surface area contributed by atoms with Crippen LogP contribution in [0, 0.1) is 5.41 Å². The van der Waals surface area contributed by atoms with Gasteiger partial charge in [0.1, 0.15) is 0 Å². The van der Waals surface area contributed by atoms with Crippen molar-refractivity contribution in [3.8, 4) is 0 Å². The molecule has 21 heavy (non-hydrogen) atoms. The third-order valence-corrected chi connectivity index (χ3v) is 2.96. The molecule has 1 unspecified atom stereocenters. The van der Waals surface area contributed by atoms with Crippen LogP contribution in [-0.4, -0.2) is 23.0 Å². The lowest BCUT2D eigenvalue weighted by Gasteiger charge is -2.25. The average molecular weight is 292 g/mol. The van der Waals surface area contributed by atoms with Crippen LogP contribution in [0.2, 0.25) is 0 Å². The predicted octanol–water partition coefficient (Wildman–Crippen LogP) is 2.21. The lowest BCUT2D eigenvalue weighted by atomic mass is 9.87. The van der Waals surface area contributed by atoms with Crippen molar-refractivity contribution in [3.05, 3.63) is 29.8 Å². The number of carboxylic acid groups (broad SMARTS) is 1. The molecule has 0 fully saturated rings. The second-order valence-corrected chi connectivity index (χ2v) is 6.55. The third-order valence-electron chi connectivity index (χ3n) is 2.96. The standard InChI is InChI=1S/C16H24N2O3/c1-16(2,3)10-13(9-15(20)21)18-14(19)8-11-5-4-6-12(17)7-11/h4-7,13H,8-10,17H2,1-3H3,(H,18,19)(H,20,21). The van der Waals surface area contributed by atoms with E-state index in [1.165, 1.54) is 0 Å². The third kappa shape index (κ3) is 7.34. The molecule has 1 aromatic rings. The van der Waals surface area contributed by atoms with Crippen LogP contribution in [0.25, 0.3) is 0 Å². The van der Waals surface area contributed by atoms with Gasteiger partial charge in [-0.25, -0.2) is 0 Å². The Morgan fingerprint density at radius 3 is 2.52 bits per heavy atom. The fourth-order valence-corrected chi connectivity index (χ4v) is 2.29. The van der Waals surface area contributed by atoms with Gasteiger partial charge in [-0.1, -0.05) is 32.9 Å². The molecule has 0 spiro atoms. The molecule has 0 radical (unpaired) electrons. The molecule has 5 heteroatoms. The number of rotatable bonds is 6. The number of carboxylic acids is 1. The fraction of sp³-hybridized carbons (Fsp3) is 0.500. The molecule has 0 saturated heterocycles. The minimum absolute atomic E-state index is 0.0510. The van der Waals surface area contributed by atoms with E-state index in [4.69, 9.17) is 10.8 Å². The molecule has 1 atom stereocenters. The zero-order valence-electron chi connectivity index (χ0n) is 12.8. The molecule has 1 aromatic carbocycles. The van der Waals surface area contributed by atoms with Crippen molar-refractivity contribution in [2.24, 2.45) is 5.41 Å². The Balaban J connectivity index is 2.65. The maximum absolute atomic E-state index is 12.1. The number of anilines is 1. The lowest BCUT2D eigenvalue weighted by molar-refractivity contribution is -0.137. The SMILES string of the molecule is CC(C)(C)CC(CC(=O)O)NC(=O)Cc1cccc(N)c1. The van der Waals surface area contributed by atoms with Gasteiger partial charge < -0.3 is 16.2 Å². The number of carbonyl (C=O) groups is 2. The van der Waals surface area contributed by atoms with Gasteiger partial charge in [-0.3, -0.25) is 9.59 Å². The summed E-state index contributed by atoms with van der Waals surface area (Å²) >= 11 is 0. The van der Waals surface area contributed by atoms with E-state index >= 15 is 0 Å². The van der Waals surface area contributed by atoms with Gasteiger partial charge in [0, 0.05) is 11.7 Å². The molecule has 0 aromatic heterocycles. The minimum Gasteiger partial charge on any atom is -0.481 e. The van der Waals surface area contributed by atoms with Crippen molar-refractivity contribution in [2.75, 3.05) is 5.73 Å². The van der Waals surface area contributed by atoms with Gasteiger partial charge in [-0.15, -0.1) is 0 Å². The lowest BCUT2D eigenvalue weighted by Crippen LogP contribution is -2.39. The van der Waals surface area contributed by atoms with Crippen LogP contribution in [0.1, 0.15) is 39.2 Å². The molecule has 0 heterocycles. The molecular formula is C16H24N2O3. The molecule has 1 amide bonds. The summed E-state index contributed by atoms with van der Waals surface area (Å²) in [6, 6.07) is 6.76. The Hall–Kier alpha value is -2.04. The maximum atomic E-state index is 12.1. The monoisotopic (exact) mass is 292 g/mol. The van der Waals surface area contributed by atoms with Gasteiger partial charge in [0.05, 0.1) is 12.8 Å². The van der Waals surface area contributed by atoms with Crippen molar-refractivity contribution in [3.63, 3.8) is 0 Å². The van der Waals surface area contributed by atoms with Crippen LogP contribution in [0.4, 0.5) is 5.69 Å². The fourth-order valence-electron chi connectivity index (χ4n) is 2.29. The molecular weight excluding hydrogens is 268 g/mol. The Morgan fingerprint density at radius 2 is 2.00 bits per heavy atom. The Bertz CT molecular complexity index is 506. The molecule has 0 aliphatic heterocycles. The van der Waals surface area contributed by atoms with Crippen molar-refractivity contribution in [1.29, 1.82) is 0 Å². The smallest absolute Gasteiger partial charge is 0.305 e. The van der Waals surface area contributed by atoms with E-state index < -0.39 is 5.97 Å².